The molecule has 254 valence electrons. The largest absolute Gasteiger partial charge is 0.508 e. The number of hydrogen-bond acceptors (Lipinski definition) is 8. The Hall–Kier alpha value is -4.49. The molecule has 1 saturated heterocycles. The van der Waals surface area contributed by atoms with Gasteiger partial charge in [-0.15, -0.1) is 11.3 Å². The third-order valence-electron chi connectivity index (χ3n) is 8.23. The van der Waals surface area contributed by atoms with E-state index in [0.717, 1.165) is 35.7 Å². The fraction of sp³-hybridized carbons (Fsp3) is 0.371. The molecule has 13 heteroatoms. The average Bonchev–Trinajstić information content (AvgIpc) is 3.71. The Balaban J connectivity index is 1.33. The summed E-state index contributed by atoms with van der Waals surface area (Å²) in [7, 11) is 3.57. The highest BCUT2D eigenvalue weighted by molar-refractivity contribution is 7.09. The van der Waals surface area contributed by atoms with E-state index in [-0.39, 0.29) is 35.5 Å². The maximum absolute atomic E-state index is 13.8. The summed E-state index contributed by atoms with van der Waals surface area (Å²) >= 11 is 1.53. The summed E-state index contributed by atoms with van der Waals surface area (Å²) in [5.41, 5.74) is 1.78. The van der Waals surface area contributed by atoms with Crippen LogP contribution in [-0.4, -0.2) is 58.5 Å². The second-order valence-corrected chi connectivity index (χ2v) is 13.2. The first kappa shape index (κ1) is 34.8. The molecule has 1 aliphatic heterocycles. The topological polar surface area (TPSA) is 111 Å². The Morgan fingerprint density at radius 1 is 1.10 bits per heavy atom. The quantitative estimate of drug-likeness (QED) is 0.163. The number of nitrogens with zero attached hydrogens (tertiary/aromatic N) is 4. The Bertz CT molecular complexity index is 1760. The van der Waals surface area contributed by atoms with Gasteiger partial charge in [-0.25, -0.2) is 9.97 Å². The number of thiazole rings is 1. The predicted octanol–water partition coefficient (Wildman–Crippen LogP) is 6.65. The number of phenols is 1. The highest BCUT2D eigenvalue weighted by atomic mass is 32.1. The molecule has 0 radical (unpaired) electrons. The molecular weight excluding hydrogens is 641 g/mol. The number of anilines is 1. The maximum atomic E-state index is 13.8. The number of aryl methyl sites for hydroxylation is 1. The van der Waals surface area contributed by atoms with Gasteiger partial charge in [-0.3, -0.25) is 9.59 Å². The Kier molecular flexibility index (Phi) is 10.7. The van der Waals surface area contributed by atoms with E-state index in [2.05, 4.69) is 20.6 Å². The molecule has 0 spiro atoms. The van der Waals surface area contributed by atoms with E-state index < -0.39 is 29.7 Å². The first-order chi connectivity index (χ1) is 22.8. The number of pyridine rings is 1. The summed E-state index contributed by atoms with van der Waals surface area (Å²) in [6, 6.07) is 13.9. The third kappa shape index (κ3) is 8.50. The SMILES string of the molecule is Cc1csc([C@H]2CCCN2C(=O)c2cc(C(=O)N[C@@H](C)CC(NCc3cccc(C(F)(F)F)c3)c3cccc(O)c3)cc(N(C)C)n2)n1. The highest BCUT2D eigenvalue weighted by Gasteiger charge is 2.34. The lowest BCUT2D eigenvalue weighted by Crippen LogP contribution is -2.37. The summed E-state index contributed by atoms with van der Waals surface area (Å²) in [6.45, 7) is 4.45. The van der Waals surface area contributed by atoms with Crippen LogP contribution in [0.4, 0.5) is 19.0 Å². The molecule has 4 aromatic rings. The molecule has 0 saturated carbocycles. The molecule has 3 heterocycles. The fourth-order valence-corrected chi connectivity index (χ4v) is 6.76. The molecule has 5 rings (SSSR count). The van der Waals surface area contributed by atoms with Crippen LogP contribution in [0, 0.1) is 6.92 Å². The number of carbonyl (C=O) groups is 2. The van der Waals surface area contributed by atoms with Gasteiger partial charge in [0.25, 0.3) is 11.8 Å². The molecule has 2 amide bonds. The number of benzene rings is 2. The van der Waals surface area contributed by atoms with Gasteiger partial charge in [-0.05, 0) is 74.6 Å². The van der Waals surface area contributed by atoms with Crippen molar-refractivity contribution in [3.05, 3.63) is 105 Å². The van der Waals surface area contributed by atoms with Crippen molar-refractivity contribution in [1.82, 2.24) is 25.5 Å². The highest BCUT2D eigenvalue weighted by Crippen LogP contribution is 2.35. The molecule has 3 N–H and O–H groups in total. The molecule has 2 aromatic heterocycles. The van der Waals surface area contributed by atoms with Crippen LogP contribution in [0.2, 0.25) is 0 Å². The number of alkyl halides is 3. The first-order valence-corrected chi connectivity index (χ1v) is 16.6. The lowest BCUT2D eigenvalue weighted by molar-refractivity contribution is -0.137. The minimum Gasteiger partial charge on any atom is -0.508 e. The van der Waals surface area contributed by atoms with Crippen LogP contribution in [0.3, 0.4) is 0 Å². The maximum Gasteiger partial charge on any atom is 0.416 e. The van der Waals surface area contributed by atoms with Crippen LogP contribution < -0.4 is 15.5 Å². The normalized spacial score (nSPS) is 16.1. The van der Waals surface area contributed by atoms with E-state index in [4.69, 9.17) is 0 Å². The average molecular weight is 681 g/mol. The number of aromatic nitrogens is 2. The van der Waals surface area contributed by atoms with Gasteiger partial charge in [-0.2, -0.15) is 13.2 Å². The van der Waals surface area contributed by atoms with Crippen molar-refractivity contribution >= 4 is 29.0 Å². The number of carbonyl (C=O) groups excluding carboxylic acids is 2. The minimum absolute atomic E-state index is 0.0468. The Morgan fingerprint density at radius 2 is 1.88 bits per heavy atom. The van der Waals surface area contributed by atoms with Gasteiger partial charge in [0.15, 0.2) is 0 Å². The number of aromatic hydroxyl groups is 1. The number of amides is 2. The molecule has 0 aliphatic carbocycles. The summed E-state index contributed by atoms with van der Waals surface area (Å²) in [6.07, 6.45) is -2.46. The van der Waals surface area contributed by atoms with Crippen molar-refractivity contribution in [2.24, 2.45) is 0 Å². The van der Waals surface area contributed by atoms with Crippen LogP contribution in [0.5, 0.6) is 5.75 Å². The lowest BCUT2D eigenvalue weighted by atomic mass is 9.98. The van der Waals surface area contributed by atoms with Gasteiger partial charge in [0.2, 0.25) is 0 Å². The fourth-order valence-electron chi connectivity index (χ4n) is 5.82. The second-order valence-electron chi connectivity index (χ2n) is 12.3. The molecule has 48 heavy (non-hydrogen) atoms. The van der Waals surface area contributed by atoms with Crippen molar-refractivity contribution in [2.75, 3.05) is 25.5 Å². The number of nitrogens with one attached hydrogen (secondary N) is 2. The molecule has 9 nitrogen and oxygen atoms in total. The van der Waals surface area contributed by atoms with E-state index >= 15 is 0 Å². The van der Waals surface area contributed by atoms with Gasteiger partial charge in [-0.1, -0.05) is 30.3 Å². The summed E-state index contributed by atoms with van der Waals surface area (Å²) in [5, 5.41) is 19.3. The zero-order valence-electron chi connectivity index (χ0n) is 27.2. The van der Waals surface area contributed by atoms with E-state index in [1.807, 2.05) is 19.2 Å². The smallest absolute Gasteiger partial charge is 0.416 e. The molecule has 3 atom stereocenters. The van der Waals surface area contributed by atoms with Crippen molar-refractivity contribution in [3.8, 4) is 5.75 Å². The van der Waals surface area contributed by atoms with Crippen LogP contribution in [0.1, 0.15) is 86.5 Å². The van der Waals surface area contributed by atoms with Gasteiger partial charge in [0.1, 0.15) is 22.3 Å². The van der Waals surface area contributed by atoms with E-state index in [1.54, 1.807) is 54.2 Å². The second kappa shape index (κ2) is 14.7. The summed E-state index contributed by atoms with van der Waals surface area (Å²) in [5.74, 6) is -0.160. The van der Waals surface area contributed by atoms with Crippen molar-refractivity contribution in [1.29, 1.82) is 0 Å². The number of hydrogen-bond donors (Lipinski definition) is 3. The number of phenolic OH excluding ortho intramolecular Hbond substituents is 1. The molecule has 0 bridgehead atoms. The Morgan fingerprint density at radius 3 is 2.56 bits per heavy atom. The van der Waals surface area contributed by atoms with Crippen molar-refractivity contribution in [2.45, 2.75) is 64.0 Å². The number of halogens is 3. The molecular formula is C35H39F3N6O3S. The molecule has 1 aliphatic rings. The van der Waals surface area contributed by atoms with Crippen LogP contribution in [0.15, 0.2) is 66.0 Å². The summed E-state index contributed by atoms with van der Waals surface area (Å²) < 4.78 is 39.9. The van der Waals surface area contributed by atoms with Gasteiger partial charge >= 0.3 is 6.18 Å². The third-order valence-corrected chi connectivity index (χ3v) is 9.30. The zero-order valence-corrected chi connectivity index (χ0v) is 28.0. The molecule has 2 aromatic carbocycles. The van der Waals surface area contributed by atoms with Crippen LogP contribution >= 0.6 is 11.3 Å². The van der Waals surface area contributed by atoms with E-state index in [1.165, 1.54) is 29.5 Å². The first-order valence-electron chi connectivity index (χ1n) is 15.7. The van der Waals surface area contributed by atoms with Crippen LogP contribution in [0.25, 0.3) is 0 Å². The minimum atomic E-state index is -4.46. The Labute approximate surface area is 281 Å². The zero-order chi connectivity index (χ0) is 34.6. The van der Waals surface area contributed by atoms with Gasteiger partial charge < -0.3 is 25.5 Å². The molecule has 1 fully saturated rings. The molecule has 1 unspecified atom stereocenters. The van der Waals surface area contributed by atoms with Gasteiger partial charge in [0.05, 0.1) is 11.6 Å². The van der Waals surface area contributed by atoms with Crippen molar-refractivity contribution in [3.63, 3.8) is 0 Å². The monoisotopic (exact) mass is 680 g/mol. The number of likely N-dealkylation sites (tertiary alicyclic amines) is 1. The number of rotatable bonds is 11. The van der Waals surface area contributed by atoms with E-state index in [0.29, 0.717) is 29.9 Å². The summed E-state index contributed by atoms with van der Waals surface area (Å²) in [4.78, 5) is 40.1. The van der Waals surface area contributed by atoms with E-state index in [9.17, 15) is 27.9 Å². The predicted molar refractivity (Wildman–Crippen MR) is 179 cm³/mol. The lowest BCUT2D eigenvalue weighted by Gasteiger charge is -2.25. The van der Waals surface area contributed by atoms with Gasteiger partial charge in [0, 0.05) is 55.9 Å². The van der Waals surface area contributed by atoms with Crippen LogP contribution in [-0.2, 0) is 12.7 Å². The standard InChI is InChI=1S/C35H39F3N6O3S/c1-21(14-28(24-9-6-11-27(45)16-24)39-19-23-8-5-10-26(15-23)35(36,37)38)40-32(46)25-17-29(42-31(18-25)43(3)4)34(47)44-13-7-12-30(44)33-41-22(2)20-48-33/h5-6,8-11,15-18,20-21,28,30,39,45H,7,12-14,19H2,1-4H3,(H,40,46)/t21-,28?,30+/m0/s1. The van der Waals surface area contributed by atoms with Crippen molar-refractivity contribution < 1.29 is 27.9 Å².